The van der Waals surface area contributed by atoms with E-state index in [1.165, 1.54) is 12.1 Å². The summed E-state index contributed by atoms with van der Waals surface area (Å²) in [7, 11) is 0. The Hall–Kier alpha value is -2.57. The van der Waals surface area contributed by atoms with Crippen LogP contribution < -0.4 is 5.46 Å². The summed E-state index contributed by atoms with van der Waals surface area (Å²) in [4.78, 5) is 25.4. The fraction of sp³-hybridized carbons (Fsp3) is 0.0667. The summed E-state index contributed by atoms with van der Waals surface area (Å²) in [5.41, 5.74) is 0.412. The van der Waals surface area contributed by atoms with Gasteiger partial charge in [-0.05, 0) is 17.7 Å². The molecule has 0 radical (unpaired) electrons. The minimum absolute atomic E-state index is 0.0442. The van der Waals surface area contributed by atoms with Gasteiger partial charge in [-0.25, -0.2) is 0 Å². The number of hydrogen-bond donors (Lipinski definition) is 0. The van der Waals surface area contributed by atoms with Crippen molar-refractivity contribution < 1.29 is 22.5 Å². The van der Waals surface area contributed by atoms with Gasteiger partial charge in [0.25, 0.3) is 11.8 Å². The molecular formula is C15H10BF3NO2-. The van der Waals surface area contributed by atoms with Gasteiger partial charge in [0.2, 0.25) is 0 Å². The number of halogens is 3. The number of nitrogens with zero attached hydrogens (tertiary/aromatic N) is 1. The Morgan fingerprint density at radius 3 is 1.77 bits per heavy atom. The Bertz CT molecular complexity index is 721. The highest BCUT2D eigenvalue weighted by molar-refractivity contribution is 6.73. The minimum atomic E-state index is -5.05. The molecule has 0 aliphatic carbocycles. The molecule has 0 fully saturated rings. The zero-order valence-corrected chi connectivity index (χ0v) is 11.3. The molecule has 3 nitrogen and oxygen atoms in total. The van der Waals surface area contributed by atoms with Crippen molar-refractivity contribution in [2.75, 3.05) is 0 Å². The maximum Gasteiger partial charge on any atom is 0.509 e. The summed E-state index contributed by atoms with van der Waals surface area (Å²) in [6.45, 7) is -5.09. The first-order chi connectivity index (χ1) is 10.4. The number of carbonyl (C=O) groups is 2. The number of hydrogen-bond acceptors (Lipinski definition) is 2. The molecule has 2 aromatic carbocycles. The lowest BCUT2D eigenvalue weighted by Gasteiger charge is -2.17. The molecule has 22 heavy (non-hydrogen) atoms. The van der Waals surface area contributed by atoms with Crippen molar-refractivity contribution in [1.82, 2.24) is 4.90 Å². The highest BCUT2D eigenvalue weighted by Crippen LogP contribution is 2.24. The highest BCUT2D eigenvalue weighted by atomic mass is 19.4. The minimum Gasteiger partial charge on any atom is -0.445 e. The third-order valence-electron chi connectivity index (χ3n) is 3.58. The largest absolute Gasteiger partial charge is 0.509 e. The van der Waals surface area contributed by atoms with E-state index in [0.29, 0.717) is 16.7 Å². The third-order valence-corrected chi connectivity index (χ3v) is 3.58. The number of amides is 2. The highest BCUT2D eigenvalue weighted by Gasteiger charge is 2.35. The summed E-state index contributed by atoms with van der Waals surface area (Å²) in [6, 6.07) is 10.9. The van der Waals surface area contributed by atoms with Crippen LogP contribution in [-0.2, 0) is 6.54 Å². The lowest BCUT2D eigenvalue weighted by molar-refractivity contribution is 0.0642. The second-order valence-corrected chi connectivity index (χ2v) is 5.06. The van der Waals surface area contributed by atoms with Crippen LogP contribution in [0.1, 0.15) is 26.3 Å². The molecule has 0 aromatic heterocycles. The van der Waals surface area contributed by atoms with Gasteiger partial charge in [-0.2, -0.15) is 0 Å². The second-order valence-electron chi connectivity index (χ2n) is 5.06. The van der Waals surface area contributed by atoms with E-state index in [1.807, 2.05) is 0 Å². The van der Waals surface area contributed by atoms with Gasteiger partial charge in [0.05, 0.1) is 17.7 Å². The van der Waals surface area contributed by atoms with Crippen molar-refractivity contribution in [3.05, 3.63) is 65.2 Å². The Morgan fingerprint density at radius 2 is 1.32 bits per heavy atom. The molecule has 0 unspecified atom stereocenters. The fourth-order valence-electron chi connectivity index (χ4n) is 2.41. The van der Waals surface area contributed by atoms with Gasteiger partial charge < -0.3 is 12.9 Å². The molecule has 0 N–H and O–H groups in total. The van der Waals surface area contributed by atoms with Crippen LogP contribution in [-0.4, -0.2) is 23.7 Å². The lowest BCUT2D eigenvalue weighted by Crippen LogP contribution is -2.34. The molecule has 1 aliphatic rings. The molecule has 7 heteroatoms. The van der Waals surface area contributed by atoms with Crippen LogP contribution in [0.4, 0.5) is 12.9 Å². The number of carbonyl (C=O) groups excluding carboxylic acids is 2. The maximum atomic E-state index is 12.6. The summed E-state index contributed by atoms with van der Waals surface area (Å²) in [5.74, 6) is -0.852. The molecule has 112 valence electrons. The normalized spacial score (nSPS) is 14.4. The predicted molar refractivity (Wildman–Crippen MR) is 75.8 cm³/mol. The van der Waals surface area contributed by atoms with E-state index in [1.54, 1.807) is 24.3 Å². The van der Waals surface area contributed by atoms with Gasteiger partial charge in [-0.15, -0.1) is 5.46 Å². The summed E-state index contributed by atoms with van der Waals surface area (Å²) >= 11 is 0. The molecule has 0 saturated heterocycles. The van der Waals surface area contributed by atoms with Gasteiger partial charge in [-0.1, -0.05) is 36.4 Å². The van der Waals surface area contributed by atoms with Crippen molar-refractivity contribution in [3.8, 4) is 0 Å². The smallest absolute Gasteiger partial charge is 0.445 e. The molecule has 1 aliphatic heterocycles. The van der Waals surface area contributed by atoms with Crippen LogP contribution in [0.15, 0.2) is 48.5 Å². The van der Waals surface area contributed by atoms with Crippen molar-refractivity contribution >= 4 is 24.3 Å². The Morgan fingerprint density at radius 1 is 0.818 bits per heavy atom. The Balaban J connectivity index is 1.83. The van der Waals surface area contributed by atoms with Crippen LogP contribution in [0, 0.1) is 0 Å². The van der Waals surface area contributed by atoms with Crippen LogP contribution >= 0.6 is 0 Å². The van der Waals surface area contributed by atoms with Gasteiger partial charge >= 0.3 is 6.98 Å². The molecular weight excluding hydrogens is 294 g/mol. The molecule has 0 bridgehead atoms. The van der Waals surface area contributed by atoms with Crippen molar-refractivity contribution in [3.63, 3.8) is 0 Å². The third kappa shape index (κ3) is 2.39. The number of rotatable bonds is 3. The lowest BCUT2D eigenvalue weighted by atomic mass is 9.80. The van der Waals surface area contributed by atoms with E-state index in [2.05, 4.69) is 0 Å². The van der Waals surface area contributed by atoms with E-state index in [9.17, 15) is 22.5 Å². The van der Waals surface area contributed by atoms with Gasteiger partial charge in [0, 0.05) is 0 Å². The first-order valence-corrected chi connectivity index (χ1v) is 6.62. The van der Waals surface area contributed by atoms with E-state index < -0.39 is 24.3 Å². The molecule has 0 spiro atoms. The number of imide groups is 1. The van der Waals surface area contributed by atoms with Crippen LogP contribution in [0.2, 0.25) is 0 Å². The zero-order valence-electron chi connectivity index (χ0n) is 11.3. The maximum absolute atomic E-state index is 12.6. The number of fused-ring (bicyclic) bond motifs is 1. The van der Waals surface area contributed by atoms with Crippen LogP contribution in [0.5, 0.6) is 0 Å². The van der Waals surface area contributed by atoms with Crippen LogP contribution in [0.25, 0.3) is 0 Å². The van der Waals surface area contributed by atoms with Crippen molar-refractivity contribution in [1.29, 1.82) is 0 Å². The topological polar surface area (TPSA) is 37.4 Å². The molecule has 0 saturated carbocycles. The summed E-state index contributed by atoms with van der Waals surface area (Å²) < 4.78 is 37.7. The van der Waals surface area contributed by atoms with E-state index in [-0.39, 0.29) is 6.54 Å². The standard InChI is InChI=1S/C15H10BF3NO2/c17-16(18,19)11-7-5-10(6-8-11)9-20-14(21)12-3-1-2-4-13(12)15(20)22/h1-8H,9H2/q-1. The van der Waals surface area contributed by atoms with Crippen molar-refractivity contribution in [2.45, 2.75) is 6.54 Å². The summed E-state index contributed by atoms with van der Waals surface area (Å²) in [6.07, 6.45) is 0. The van der Waals surface area contributed by atoms with E-state index in [4.69, 9.17) is 0 Å². The Kier molecular flexibility index (Phi) is 3.28. The van der Waals surface area contributed by atoms with E-state index in [0.717, 1.165) is 17.0 Å². The molecule has 2 amide bonds. The fourth-order valence-corrected chi connectivity index (χ4v) is 2.41. The average molecular weight is 304 g/mol. The molecule has 0 atom stereocenters. The second kappa shape index (κ2) is 5.01. The monoisotopic (exact) mass is 304 g/mol. The quantitative estimate of drug-likeness (QED) is 0.645. The van der Waals surface area contributed by atoms with E-state index >= 15 is 0 Å². The van der Waals surface area contributed by atoms with Crippen molar-refractivity contribution in [2.24, 2.45) is 0 Å². The Labute approximate surface area is 124 Å². The summed E-state index contributed by atoms with van der Waals surface area (Å²) in [5, 5.41) is 0. The molecule has 2 aromatic rings. The number of benzene rings is 2. The zero-order chi connectivity index (χ0) is 15.9. The molecule has 3 rings (SSSR count). The predicted octanol–water partition coefficient (Wildman–Crippen LogP) is 2.54. The van der Waals surface area contributed by atoms with Gasteiger partial charge in [0.1, 0.15) is 0 Å². The van der Waals surface area contributed by atoms with Gasteiger partial charge in [0.15, 0.2) is 0 Å². The average Bonchev–Trinajstić information content (AvgIpc) is 2.73. The first kappa shape index (κ1) is 14.4. The van der Waals surface area contributed by atoms with Gasteiger partial charge in [-0.3, -0.25) is 14.5 Å². The SMILES string of the molecule is O=C1c2ccccc2C(=O)N1Cc1ccc([B-](F)(F)F)cc1. The molecule has 1 heterocycles. The van der Waals surface area contributed by atoms with Crippen LogP contribution in [0.3, 0.4) is 0 Å². The first-order valence-electron chi connectivity index (χ1n) is 6.62.